The van der Waals surface area contributed by atoms with E-state index in [-0.39, 0.29) is 6.61 Å². The Hall–Kier alpha value is -4.72. The second-order valence-corrected chi connectivity index (χ2v) is 7.80. The molecule has 0 fully saturated rings. The molecule has 4 amide bonds. The van der Waals surface area contributed by atoms with E-state index in [2.05, 4.69) is 10.9 Å². The molecule has 4 aromatic carbocycles. The summed E-state index contributed by atoms with van der Waals surface area (Å²) < 4.78 is 5.48. The molecule has 0 atom stereocenters. The second kappa shape index (κ2) is 8.67. The number of benzene rings is 4. The lowest BCUT2D eigenvalue weighted by atomic mass is 9.94. The summed E-state index contributed by atoms with van der Waals surface area (Å²) in [6.07, 6.45) is 0. The Labute approximate surface area is 194 Å². The summed E-state index contributed by atoms with van der Waals surface area (Å²) >= 11 is 0. The molecule has 8 nitrogen and oxygen atoms in total. The third-order valence-electron chi connectivity index (χ3n) is 5.59. The van der Waals surface area contributed by atoms with Gasteiger partial charge in [-0.2, -0.15) is 0 Å². The standard InChI is InChI=1S/C26H19N3O5/c30-22(27-28-23(31)15-34-19-12-11-16-5-1-2-6-18(16)13-19)14-29-25(32)20-9-3-7-17-8-4-10-21(24(17)20)26(29)33/h1-13H,14-15H2,(H,27,30)(H,28,31). The maximum atomic E-state index is 12.9. The molecule has 2 N–H and O–H groups in total. The Kier molecular flexibility index (Phi) is 5.39. The average Bonchev–Trinajstić information content (AvgIpc) is 2.87. The van der Waals surface area contributed by atoms with E-state index in [0.717, 1.165) is 21.1 Å². The van der Waals surface area contributed by atoms with Gasteiger partial charge in [0, 0.05) is 16.5 Å². The van der Waals surface area contributed by atoms with E-state index in [0.29, 0.717) is 22.3 Å². The lowest BCUT2D eigenvalue weighted by molar-refractivity contribution is -0.130. The highest BCUT2D eigenvalue weighted by Gasteiger charge is 2.33. The highest BCUT2D eigenvalue weighted by atomic mass is 16.5. The Morgan fingerprint density at radius 3 is 2.03 bits per heavy atom. The fourth-order valence-corrected chi connectivity index (χ4v) is 3.99. The van der Waals surface area contributed by atoms with Crippen LogP contribution in [0.3, 0.4) is 0 Å². The molecule has 8 heteroatoms. The molecule has 0 aromatic heterocycles. The van der Waals surface area contributed by atoms with Crippen LogP contribution >= 0.6 is 0 Å². The first-order valence-corrected chi connectivity index (χ1v) is 10.6. The van der Waals surface area contributed by atoms with Crippen molar-refractivity contribution in [3.63, 3.8) is 0 Å². The first kappa shape index (κ1) is 21.1. The molecule has 0 unspecified atom stereocenters. The van der Waals surface area contributed by atoms with E-state index < -0.39 is 30.2 Å². The van der Waals surface area contributed by atoms with Gasteiger partial charge < -0.3 is 4.74 Å². The molecule has 4 aromatic rings. The van der Waals surface area contributed by atoms with Crippen LogP contribution in [-0.4, -0.2) is 41.7 Å². The van der Waals surface area contributed by atoms with Crippen LogP contribution in [0.25, 0.3) is 21.5 Å². The lowest BCUT2D eigenvalue weighted by Gasteiger charge is -2.26. The lowest BCUT2D eigenvalue weighted by Crippen LogP contribution is -2.51. The zero-order chi connectivity index (χ0) is 23.7. The molecule has 0 saturated heterocycles. The number of hydrazine groups is 1. The summed E-state index contributed by atoms with van der Waals surface area (Å²) in [5.74, 6) is -1.91. The number of carbonyl (C=O) groups excluding carboxylic acids is 4. The van der Waals surface area contributed by atoms with Crippen LogP contribution in [0.5, 0.6) is 5.75 Å². The number of imide groups is 1. The average molecular weight is 453 g/mol. The first-order valence-electron chi connectivity index (χ1n) is 10.6. The molecule has 168 valence electrons. The van der Waals surface area contributed by atoms with Crippen molar-refractivity contribution in [1.82, 2.24) is 15.8 Å². The summed E-state index contributed by atoms with van der Waals surface area (Å²) in [6, 6.07) is 23.5. The summed E-state index contributed by atoms with van der Waals surface area (Å²) in [5.41, 5.74) is 5.17. The monoisotopic (exact) mass is 453 g/mol. The third kappa shape index (κ3) is 3.93. The Balaban J connectivity index is 1.18. The van der Waals surface area contributed by atoms with Gasteiger partial charge in [0.05, 0.1) is 0 Å². The van der Waals surface area contributed by atoms with E-state index in [1.807, 2.05) is 48.5 Å². The van der Waals surface area contributed by atoms with Gasteiger partial charge in [-0.25, -0.2) is 0 Å². The topological polar surface area (TPSA) is 105 Å². The number of rotatable bonds is 5. The van der Waals surface area contributed by atoms with Crippen molar-refractivity contribution in [2.45, 2.75) is 0 Å². The normalized spacial score (nSPS) is 12.6. The van der Waals surface area contributed by atoms with Gasteiger partial charge in [0.25, 0.3) is 23.6 Å². The quantitative estimate of drug-likeness (QED) is 0.357. The number of amides is 4. The largest absolute Gasteiger partial charge is 0.484 e. The minimum Gasteiger partial charge on any atom is -0.484 e. The summed E-state index contributed by atoms with van der Waals surface area (Å²) in [7, 11) is 0. The second-order valence-electron chi connectivity index (χ2n) is 7.80. The van der Waals surface area contributed by atoms with Crippen molar-refractivity contribution in [2.75, 3.05) is 13.2 Å². The predicted molar refractivity (Wildman–Crippen MR) is 125 cm³/mol. The SMILES string of the molecule is O=C(COc1ccc2ccccc2c1)NNC(=O)CN1C(=O)c2cccc3cccc(c23)C1=O. The van der Waals surface area contributed by atoms with Crippen LogP contribution in [-0.2, 0) is 9.59 Å². The molecule has 0 aliphatic carbocycles. The molecule has 5 rings (SSSR count). The zero-order valence-corrected chi connectivity index (χ0v) is 17.9. The van der Waals surface area contributed by atoms with Gasteiger partial charge in [0.2, 0.25) is 0 Å². The van der Waals surface area contributed by atoms with E-state index in [1.54, 1.807) is 30.3 Å². The molecule has 0 bridgehead atoms. The molecule has 0 spiro atoms. The molecule has 0 saturated carbocycles. The van der Waals surface area contributed by atoms with Gasteiger partial charge in [-0.05, 0) is 40.4 Å². The Bertz CT molecular complexity index is 1430. The minimum atomic E-state index is -0.715. The molecule has 1 aliphatic heterocycles. The fraction of sp³-hybridized carbons (Fsp3) is 0.0769. The van der Waals surface area contributed by atoms with Gasteiger partial charge >= 0.3 is 0 Å². The first-order chi connectivity index (χ1) is 16.5. The van der Waals surface area contributed by atoms with E-state index in [1.165, 1.54) is 0 Å². The summed E-state index contributed by atoms with van der Waals surface area (Å²) in [4.78, 5) is 51.0. The fourth-order valence-electron chi connectivity index (χ4n) is 3.99. The number of nitrogens with one attached hydrogen (secondary N) is 2. The molecule has 0 radical (unpaired) electrons. The van der Waals surface area contributed by atoms with Crippen LogP contribution in [0, 0.1) is 0 Å². The van der Waals surface area contributed by atoms with E-state index in [4.69, 9.17) is 4.74 Å². The van der Waals surface area contributed by atoms with Gasteiger partial charge in [-0.3, -0.25) is 34.9 Å². The molecule has 34 heavy (non-hydrogen) atoms. The maximum Gasteiger partial charge on any atom is 0.276 e. The van der Waals surface area contributed by atoms with Crippen LogP contribution in [0.2, 0.25) is 0 Å². The highest BCUT2D eigenvalue weighted by Crippen LogP contribution is 2.29. The van der Waals surface area contributed by atoms with Gasteiger partial charge in [-0.1, -0.05) is 54.6 Å². The smallest absolute Gasteiger partial charge is 0.276 e. The molecular weight excluding hydrogens is 434 g/mol. The van der Waals surface area contributed by atoms with Gasteiger partial charge in [0.1, 0.15) is 12.3 Å². The van der Waals surface area contributed by atoms with Crippen LogP contribution in [0.1, 0.15) is 20.7 Å². The van der Waals surface area contributed by atoms with E-state index in [9.17, 15) is 19.2 Å². The predicted octanol–water partition coefficient (Wildman–Crippen LogP) is 2.82. The molecule has 1 aliphatic rings. The molecule has 1 heterocycles. The maximum absolute atomic E-state index is 12.9. The number of hydrogen-bond acceptors (Lipinski definition) is 5. The van der Waals surface area contributed by atoms with Crippen LogP contribution < -0.4 is 15.6 Å². The van der Waals surface area contributed by atoms with Crippen molar-refractivity contribution in [3.05, 3.63) is 90.0 Å². The van der Waals surface area contributed by atoms with Crippen molar-refractivity contribution in [2.24, 2.45) is 0 Å². The van der Waals surface area contributed by atoms with E-state index >= 15 is 0 Å². The van der Waals surface area contributed by atoms with Crippen molar-refractivity contribution < 1.29 is 23.9 Å². The minimum absolute atomic E-state index is 0.324. The van der Waals surface area contributed by atoms with Gasteiger partial charge in [0.15, 0.2) is 6.61 Å². The van der Waals surface area contributed by atoms with Crippen LogP contribution in [0.4, 0.5) is 0 Å². The summed E-state index contributed by atoms with van der Waals surface area (Å²) in [6.45, 7) is -0.857. The number of ether oxygens (including phenoxy) is 1. The van der Waals surface area contributed by atoms with Crippen molar-refractivity contribution in [3.8, 4) is 5.75 Å². The van der Waals surface area contributed by atoms with Gasteiger partial charge in [-0.15, -0.1) is 0 Å². The van der Waals surface area contributed by atoms with Crippen molar-refractivity contribution in [1.29, 1.82) is 0 Å². The molecular formula is C26H19N3O5. The number of nitrogens with zero attached hydrogens (tertiary/aromatic N) is 1. The number of hydrogen-bond donors (Lipinski definition) is 2. The number of fused-ring (bicyclic) bond motifs is 1. The van der Waals surface area contributed by atoms with Crippen LogP contribution in [0.15, 0.2) is 78.9 Å². The Morgan fingerprint density at radius 1 is 0.706 bits per heavy atom. The third-order valence-corrected chi connectivity index (χ3v) is 5.59. The Morgan fingerprint density at radius 2 is 1.32 bits per heavy atom. The zero-order valence-electron chi connectivity index (χ0n) is 17.9. The van der Waals surface area contributed by atoms with Crippen molar-refractivity contribution >= 4 is 45.2 Å². The highest BCUT2D eigenvalue weighted by molar-refractivity contribution is 6.26. The number of carbonyl (C=O) groups is 4. The summed E-state index contributed by atoms with van der Waals surface area (Å²) in [5, 5.41) is 3.38.